The fraction of sp³-hybridized carbons (Fsp3) is 0. The van der Waals surface area contributed by atoms with Crippen LogP contribution in [0.4, 0.5) is 0 Å². The van der Waals surface area contributed by atoms with Gasteiger partial charge in [-0.25, -0.2) is 0 Å². The normalized spacial score (nSPS) is 10.1. The third-order valence-electron chi connectivity index (χ3n) is 0.200. The van der Waals surface area contributed by atoms with E-state index in [2.05, 4.69) is 8.67 Å². The van der Waals surface area contributed by atoms with Gasteiger partial charge in [0, 0.05) is 0 Å². The van der Waals surface area contributed by atoms with Gasteiger partial charge in [-0.3, -0.25) is 18.2 Å². The first-order chi connectivity index (χ1) is 6.21. The highest BCUT2D eigenvalue weighted by molar-refractivity contribution is 7.83. The molecule has 19 heavy (non-hydrogen) atoms. The largest absolute Gasteiger partial charge is 0.425 e. The summed E-state index contributed by atoms with van der Waals surface area (Å²) in [6.07, 6.45) is 0. The molecule has 0 unspecified atom stereocenters. The van der Waals surface area contributed by atoms with E-state index in [4.69, 9.17) is 26.6 Å². The molecule has 0 aromatic carbocycles. The molecule has 0 radical (unpaired) electrons. The van der Waals surface area contributed by atoms with Crippen molar-refractivity contribution < 1.29 is 57.6 Å². The molecule has 0 fully saturated rings. The lowest BCUT2D eigenvalue weighted by Crippen LogP contribution is -2.10. The lowest BCUT2D eigenvalue weighted by atomic mass is 14.0. The molecule has 0 rings (SSSR count). The number of hydrogen-bond donors (Lipinski definition) is 7. The molecule has 0 spiro atoms. The van der Waals surface area contributed by atoms with E-state index in [-0.39, 0.29) is 23.9 Å². The molecule has 15 N–H and O–H groups in total. The average Bonchev–Trinajstić information content (AvgIpc) is 1.76. The Kier molecular flexibility index (Phi) is 23.8. The predicted molar refractivity (Wildman–Crippen MR) is 58.1 cm³/mol. The maximum Gasteiger partial charge on any atom is 0.425 e. The minimum atomic E-state index is -5.02. The Hall–Kier alpha value is -0.550. The first-order valence-electron chi connectivity index (χ1n) is 2.23. The van der Waals surface area contributed by atoms with E-state index in [0.717, 1.165) is 0 Å². The summed E-state index contributed by atoms with van der Waals surface area (Å²) < 4.78 is 90.5. The Morgan fingerprint density at radius 2 is 0.684 bits per heavy atom. The Morgan fingerprint density at radius 3 is 0.737 bits per heavy atom. The van der Waals surface area contributed by atoms with Crippen molar-refractivity contribution >= 4 is 31.2 Å². The molecule has 0 aromatic rings. The summed E-state index contributed by atoms with van der Waals surface area (Å²) in [6.45, 7) is 0. The van der Waals surface area contributed by atoms with Crippen LogP contribution in [-0.4, -0.2) is 48.9 Å². The van der Waals surface area contributed by atoms with E-state index < -0.39 is 31.2 Å². The molecular weight excluding hydrogens is 346 g/mol. The van der Waals surface area contributed by atoms with Gasteiger partial charge in [-0.05, 0) is 0 Å². The van der Waals surface area contributed by atoms with Gasteiger partial charge in [-0.1, -0.05) is 8.67 Å². The monoisotopic (exact) mass is 361 g/mol. The molecular formula is H15N3O13S3. The van der Waals surface area contributed by atoms with Crippen LogP contribution in [0.5, 0.6) is 0 Å². The van der Waals surface area contributed by atoms with Crippen LogP contribution >= 0.6 is 0 Å². The molecule has 0 amide bonds. The van der Waals surface area contributed by atoms with Gasteiger partial charge in [0.1, 0.15) is 0 Å². The minimum Gasteiger partial charge on any atom is -0.412 e. The zero-order valence-corrected chi connectivity index (χ0v) is 11.4. The molecule has 0 bridgehead atoms. The first-order valence-corrected chi connectivity index (χ1v) is 6.36. The van der Waals surface area contributed by atoms with E-state index in [9.17, 15) is 16.8 Å². The average molecular weight is 361 g/mol. The van der Waals surface area contributed by atoms with Crippen LogP contribution in [0.25, 0.3) is 0 Å². The van der Waals surface area contributed by atoms with Crippen LogP contribution < -0.4 is 18.5 Å². The molecule has 0 atom stereocenters. The lowest BCUT2D eigenvalue weighted by Gasteiger charge is -1.92. The first kappa shape index (κ1) is 36.2. The molecule has 19 heteroatoms. The molecule has 0 aliphatic carbocycles. The second-order valence-electron chi connectivity index (χ2n) is 1.44. The van der Waals surface area contributed by atoms with Gasteiger partial charge in [0.2, 0.25) is 0 Å². The van der Waals surface area contributed by atoms with Crippen molar-refractivity contribution in [3.63, 3.8) is 0 Å². The van der Waals surface area contributed by atoms with Crippen LogP contribution in [0.15, 0.2) is 0 Å². The van der Waals surface area contributed by atoms with Crippen molar-refractivity contribution in [3.8, 4) is 0 Å². The highest BCUT2D eigenvalue weighted by Crippen LogP contribution is 1.92. The minimum absolute atomic E-state index is 0. The third-order valence-corrected chi connectivity index (χ3v) is 0.766. The van der Waals surface area contributed by atoms with Gasteiger partial charge < -0.3 is 23.9 Å². The van der Waals surface area contributed by atoms with Crippen molar-refractivity contribution in [2.75, 3.05) is 0 Å². The van der Waals surface area contributed by atoms with Crippen molar-refractivity contribution in [2.24, 2.45) is 0 Å². The highest BCUT2D eigenvalue weighted by atomic mass is 32.3. The molecule has 0 aliphatic rings. The maximum atomic E-state index is 9.51. The van der Waals surface area contributed by atoms with Crippen molar-refractivity contribution in [3.05, 3.63) is 0 Å². The summed E-state index contributed by atoms with van der Waals surface area (Å²) in [6, 6.07) is 0. The van der Waals surface area contributed by atoms with Gasteiger partial charge in [-0.2, -0.15) is 25.3 Å². The van der Waals surface area contributed by atoms with Crippen molar-refractivity contribution in [1.82, 2.24) is 18.5 Å². The van der Waals surface area contributed by atoms with Gasteiger partial charge in [0.25, 0.3) is 0 Å². The summed E-state index contributed by atoms with van der Waals surface area (Å²) in [7, 11) is -14.7. The van der Waals surface area contributed by atoms with Crippen LogP contribution in [0.2, 0.25) is 0 Å². The fourth-order valence-corrected chi connectivity index (χ4v) is 0.632. The van der Waals surface area contributed by atoms with Gasteiger partial charge in [0.05, 0.1) is 0 Å². The summed E-state index contributed by atoms with van der Waals surface area (Å²) in [4.78, 5) is 0. The lowest BCUT2D eigenvalue weighted by molar-refractivity contribution is -0.105. The molecule has 16 nitrogen and oxygen atoms in total. The fourth-order valence-electron chi connectivity index (χ4n) is 0.0702. The molecule has 0 heterocycles. The summed E-state index contributed by atoms with van der Waals surface area (Å²) in [5.74, 6) is 0. The Labute approximate surface area is 108 Å². The number of rotatable bonds is 3. The summed E-state index contributed by atoms with van der Waals surface area (Å²) in [5.41, 5.74) is 0. The zero-order valence-electron chi connectivity index (χ0n) is 8.90. The van der Waals surface area contributed by atoms with Gasteiger partial charge in [0.15, 0.2) is 0 Å². The number of hydrogen-bond acceptors (Lipinski definition) is 11. The third kappa shape index (κ3) is 100. The molecule has 0 saturated heterocycles. The summed E-state index contributed by atoms with van der Waals surface area (Å²) >= 11 is 0. The van der Waals surface area contributed by atoms with E-state index in [1.165, 1.54) is 0 Å². The van der Waals surface area contributed by atoms with E-state index in [0.29, 0.717) is 0 Å². The predicted octanol–water partition coefficient (Wildman–Crippen LogP) is -2.45. The van der Waals surface area contributed by atoms with Crippen LogP contribution in [0, 0.1) is 0 Å². The summed E-state index contributed by atoms with van der Waals surface area (Å²) in [5, 5.41) is 0. The van der Waals surface area contributed by atoms with Crippen LogP contribution in [0.1, 0.15) is 0 Å². The van der Waals surface area contributed by atoms with Crippen molar-refractivity contribution in [1.29, 1.82) is 0 Å². The Bertz CT molecular complexity index is 427. The maximum absolute atomic E-state index is 9.51. The zero-order chi connectivity index (χ0) is 12.9. The Morgan fingerprint density at radius 1 is 0.579 bits per heavy atom. The molecule has 0 aromatic heterocycles. The SMILES string of the molecule is N.N.N.O.O=S(=O)(O)O.O=S(=O)(O)OOS(=O)(=O)O. The standard InChI is InChI=1S/3H3N.H2O8S2.H2O4S.H2O/c;;;1-9(2,3)7-8-10(4,5)6;1-5(2,3)4;/h3*1H3;(H,1,2,3)(H,4,5,6);(H2,1,2,3,4);1H2. The second kappa shape index (κ2) is 12.5. The van der Waals surface area contributed by atoms with Gasteiger partial charge in [-0.15, -0.1) is 0 Å². The molecule has 0 aliphatic heterocycles. The molecule has 0 saturated carbocycles. The van der Waals surface area contributed by atoms with E-state index in [1.807, 2.05) is 0 Å². The van der Waals surface area contributed by atoms with Gasteiger partial charge >= 0.3 is 31.2 Å². The smallest absolute Gasteiger partial charge is 0.412 e. The van der Waals surface area contributed by atoms with Crippen LogP contribution in [0.3, 0.4) is 0 Å². The highest BCUT2D eigenvalue weighted by Gasteiger charge is 2.13. The van der Waals surface area contributed by atoms with E-state index in [1.54, 1.807) is 0 Å². The van der Waals surface area contributed by atoms with Crippen molar-refractivity contribution in [2.45, 2.75) is 0 Å². The topological polar surface area (TPSA) is 338 Å². The molecule has 126 valence electrons. The quantitative estimate of drug-likeness (QED) is 0.155. The second-order valence-corrected chi connectivity index (χ2v) is 4.32. The van der Waals surface area contributed by atoms with Crippen LogP contribution in [-0.2, 0) is 39.9 Å². The van der Waals surface area contributed by atoms with E-state index >= 15 is 0 Å². The Balaban J connectivity index is -0.0000000418.